The number of amides is 1. The Morgan fingerprint density at radius 3 is 2.48 bits per heavy atom. The van der Waals surface area contributed by atoms with E-state index in [1.807, 2.05) is 30.3 Å². The highest BCUT2D eigenvalue weighted by molar-refractivity contribution is 6.34. The molecule has 31 heavy (non-hydrogen) atoms. The average Bonchev–Trinajstić information content (AvgIpc) is 3.15. The van der Waals surface area contributed by atoms with Crippen LogP contribution in [0.15, 0.2) is 48.5 Å². The van der Waals surface area contributed by atoms with Crippen LogP contribution < -0.4 is 5.32 Å². The molecule has 0 saturated carbocycles. The van der Waals surface area contributed by atoms with Crippen LogP contribution >= 0.6 is 24.0 Å². The number of carbonyl (C=O) groups excluding carboxylic acids is 1. The molecule has 2 saturated heterocycles. The van der Waals surface area contributed by atoms with E-state index in [1.54, 1.807) is 0 Å². The first kappa shape index (κ1) is 23.9. The molecule has 2 aromatic carbocycles. The summed E-state index contributed by atoms with van der Waals surface area (Å²) in [6, 6.07) is 13.4. The van der Waals surface area contributed by atoms with Crippen LogP contribution in [-0.4, -0.2) is 29.4 Å². The van der Waals surface area contributed by atoms with Crippen molar-refractivity contribution in [1.29, 1.82) is 0 Å². The molecule has 1 amide bonds. The SMILES string of the molecule is Cl.O=C(NC(c1ccccc1)C1CCC2CCCCN21)c1cccc(C(F)(F)F)c1Cl. The third-order valence-corrected chi connectivity index (χ3v) is 6.68. The molecule has 3 atom stereocenters. The van der Waals surface area contributed by atoms with Crippen molar-refractivity contribution in [3.05, 3.63) is 70.2 Å². The summed E-state index contributed by atoms with van der Waals surface area (Å²) in [7, 11) is 0. The standard InChI is InChI=1S/C23H24ClF3N2O.ClH/c24-20-17(10-6-11-18(20)23(25,26)27)22(30)28-21(15-7-2-1-3-8-15)19-13-12-16-9-4-5-14-29(16)19;/h1-3,6-8,10-11,16,19,21H,4-5,9,12-14H2,(H,28,30);1H. The van der Waals surface area contributed by atoms with E-state index in [1.165, 1.54) is 18.6 Å². The molecular weight excluding hydrogens is 448 g/mol. The van der Waals surface area contributed by atoms with E-state index in [0.29, 0.717) is 6.04 Å². The molecule has 0 spiro atoms. The smallest absolute Gasteiger partial charge is 0.344 e. The number of benzene rings is 2. The summed E-state index contributed by atoms with van der Waals surface area (Å²) in [6.07, 6.45) is 0.914. The number of piperidine rings is 1. The molecule has 2 aliphatic rings. The lowest BCUT2D eigenvalue weighted by Gasteiger charge is -2.38. The molecule has 168 valence electrons. The van der Waals surface area contributed by atoms with Crippen molar-refractivity contribution in [3.8, 4) is 0 Å². The first-order valence-electron chi connectivity index (χ1n) is 10.3. The van der Waals surface area contributed by atoms with Crippen LogP contribution in [-0.2, 0) is 6.18 Å². The minimum Gasteiger partial charge on any atom is -0.344 e. The van der Waals surface area contributed by atoms with Gasteiger partial charge in [-0.1, -0.05) is 54.4 Å². The Kier molecular flexibility index (Phi) is 7.55. The number of nitrogens with zero attached hydrogens (tertiary/aromatic N) is 1. The Balaban J connectivity index is 0.00000272. The highest BCUT2D eigenvalue weighted by Crippen LogP contribution is 2.39. The third kappa shape index (κ3) is 5.02. The van der Waals surface area contributed by atoms with Crippen LogP contribution in [0.25, 0.3) is 0 Å². The van der Waals surface area contributed by atoms with Gasteiger partial charge in [0.15, 0.2) is 0 Å². The highest BCUT2D eigenvalue weighted by Gasteiger charge is 2.41. The molecule has 8 heteroatoms. The zero-order valence-electron chi connectivity index (χ0n) is 16.9. The highest BCUT2D eigenvalue weighted by atomic mass is 35.5. The molecule has 0 radical (unpaired) electrons. The summed E-state index contributed by atoms with van der Waals surface area (Å²) in [5, 5.41) is 2.45. The number of halogens is 5. The minimum atomic E-state index is -4.61. The van der Waals surface area contributed by atoms with Crippen LogP contribution in [0, 0.1) is 0 Å². The Hall–Kier alpha value is -1.76. The predicted molar refractivity (Wildman–Crippen MR) is 118 cm³/mol. The minimum absolute atomic E-state index is 0. The molecule has 2 aromatic rings. The molecule has 0 aliphatic carbocycles. The first-order valence-corrected chi connectivity index (χ1v) is 10.7. The fraction of sp³-hybridized carbons (Fsp3) is 0.435. The molecular formula is C23H25Cl2F3N2O. The Morgan fingerprint density at radius 2 is 1.77 bits per heavy atom. The first-order chi connectivity index (χ1) is 14.4. The van der Waals surface area contributed by atoms with Crippen molar-refractivity contribution in [2.75, 3.05) is 6.54 Å². The summed E-state index contributed by atoms with van der Waals surface area (Å²) < 4.78 is 39.7. The van der Waals surface area contributed by atoms with Crippen molar-refractivity contribution in [3.63, 3.8) is 0 Å². The molecule has 2 fully saturated rings. The topological polar surface area (TPSA) is 32.3 Å². The molecule has 4 rings (SSSR count). The monoisotopic (exact) mass is 472 g/mol. The van der Waals surface area contributed by atoms with Crippen molar-refractivity contribution < 1.29 is 18.0 Å². The Bertz CT molecular complexity index is 907. The van der Waals surface area contributed by atoms with E-state index in [9.17, 15) is 18.0 Å². The van der Waals surface area contributed by atoms with Gasteiger partial charge in [0, 0.05) is 12.1 Å². The summed E-state index contributed by atoms with van der Waals surface area (Å²) in [5.41, 5.74) is -0.198. The van der Waals surface area contributed by atoms with Gasteiger partial charge in [0.05, 0.1) is 22.2 Å². The van der Waals surface area contributed by atoms with Gasteiger partial charge < -0.3 is 5.32 Å². The molecule has 3 unspecified atom stereocenters. The fourth-order valence-electron chi connectivity index (χ4n) is 4.86. The van der Waals surface area contributed by atoms with E-state index in [0.717, 1.165) is 43.9 Å². The van der Waals surface area contributed by atoms with E-state index in [-0.39, 0.29) is 30.1 Å². The van der Waals surface area contributed by atoms with Crippen LogP contribution in [0.1, 0.15) is 59.6 Å². The van der Waals surface area contributed by atoms with E-state index in [2.05, 4.69) is 10.2 Å². The van der Waals surface area contributed by atoms with Crippen LogP contribution in [0.5, 0.6) is 0 Å². The van der Waals surface area contributed by atoms with Crippen molar-refractivity contribution in [1.82, 2.24) is 10.2 Å². The van der Waals surface area contributed by atoms with E-state index >= 15 is 0 Å². The van der Waals surface area contributed by atoms with Gasteiger partial charge in [-0.15, -0.1) is 12.4 Å². The van der Waals surface area contributed by atoms with Crippen LogP contribution in [0.4, 0.5) is 13.2 Å². The molecule has 2 aliphatic heterocycles. The van der Waals surface area contributed by atoms with Crippen molar-refractivity contribution >= 4 is 29.9 Å². The zero-order valence-corrected chi connectivity index (χ0v) is 18.4. The fourth-order valence-corrected chi connectivity index (χ4v) is 5.18. The summed E-state index contributed by atoms with van der Waals surface area (Å²) in [6.45, 7) is 0.985. The number of rotatable bonds is 4. The molecule has 2 heterocycles. The van der Waals surface area contributed by atoms with Gasteiger partial charge in [0.2, 0.25) is 0 Å². The lowest BCUT2D eigenvalue weighted by molar-refractivity contribution is -0.137. The Labute approximate surface area is 191 Å². The second-order valence-corrected chi connectivity index (χ2v) is 8.44. The van der Waals surface area contributed by atoms with Gasteiger partial charge >= 0.3 is 6.18 Å². The maximum Gasteiger partial charge on any atom is 0.417 e. The van der Waals surface area contributed by atoms with Crippen molar-refractivity contribution in [2.45, 2.75) is 56.4 Å². The van der Waals surface area contributed by atoms with E-state index in [4.69, 9.17) is 11.6 Å². The maximum atomic E-state index is 13.2. The summed E-state index contributed by atoms with van der Waals surface area (Å²) in [5.74, 6) is -0.583. The Morgan fingerprint density at radius 1 is 1.03 bits per heavy atom. The number of hydrogen-bond acceptors (Lipinski definition) is 2. The van der Waals surface area contributed by atoms with Gasteiger partial charge in [-0.2, -0.15) is 13.2 Å². The van der Waals surface area contributed by atoms with Gasteiger partial charge in [0.25, 0.3) is 5.91 Å². The van der Waals surface area contributed by atoms with Gasteiger partial charge in [-0.05, 0) is 49.9 Å². The van der Waals surface area contributed by atoms with Crippen LogP contribution in [0.3, 0.4) is 0 Å². The molecule has 1 N–H and O–H groups in total. The second-order valence-electron chi connectivity index (χ2n) is 8.06. The van der Waals surface area contributed by atoms with Gasteiger partial charge in [-0.3, -0.25) is 9.69 Å². The van der Waals surface area contributed by atoms with Crippen LogP contribution in [0.2, 0.25) is 5.02 Å². The number of carbonyl (C=O) groups is 1. The molecule has 3 nitrogen and oxygen atoms in total. The molecule has 0 bridgehead atoms. The summed E-state index contributed by atoms with van der Waals surface area (Å²) in [4.78, 5) is 15.5. The van der Waals surface area contributed by atoms with Gasteiger partial charge in [0.1, 0.15) is 0 Å². The lowest BCUT2D eigenvalue weighted by atomic mass is 9.96. The summed E-state index contributed by atoms with van der Waals surface area (Å²) >= 11 is 6.00. The third-order valence-electron chi connectivity index (χ3n) is 6.27. The number of fused-ring (bicyclic) bond motifs is 1. The van der Waals surface area contributed by atoms with Crippen molar-refractivity contribution in [2.24, 2.45) is 0 Å². The average molecular weight is 473 g/mol. The second kappa shape index (κ2) is 9.80. The normalized spacial score (nSPS) is 22.3. The molecule has 0 aromatic heterocycles. The quantitative estimate of drug-likeness (QED) is 0.568. The number of hydrogen-bond donors (Lipinski definition) is 1. The number of alkyl halides is 3. The van der Waals surface area contributed by atoms with Gasteiger partial charge in [-0.25, -0.2) is 0 Å². The maximum absolute atomic E-state index is 13.2. The largest absolute Gasteiger partial charge is 0.417 e. The predicted octanol–water partition coefficient (Wildman–Crippen LogP) is 6.27. The zero-order chi connectivity index (χ0) is 21.3. The number of nitrogens with one attached hydrogen (secondary N) is 1. The van der Waals surface area contributed by atoms with E-state index < -0.39 is 22.7 Å². The lowest BCUT2D eigenvalue weighted by Crippen LogP contribution is -2.47.